The molecule has 2 amide bonds. The second kappa shape index (κ2) is 5.83. The first-order valence-electron chi connectivity index (χ1n) is 6.38. The minimum atomic E-state index is -0.821. The number of nitrogens with zero attached hydrogens (tertiary/aromatic N) is 1. The van der Waals surface area contributed by atoms with E-state index < -0.39 is 5.54 Å². The Labute approximate surface area is 121 Å². The number of piperazine rings is 1. The van der Waals surface area contributed by atoms with Crippen molar-refractivity contribution >= 4 is 23.6 Å². The molecule has 1 aliphatic rings. The fourth-order valence-corrected chi connectivity index (χ4v) is 2.86. The predicted molar refractivity (Wildman–Crippen MR) is 75.9 cm³/mol. The first-order valence-corrected chi connectivity index (χ1v) is 7.37. The van der Waals surface area contributed by atoms with E-state index in [1.807, 2.05) is 0 Å². The summed E-state index contributed by atoms with van der Waals surface area (Å²) >= 11 is 1.34. The van der Waals surface area contributed by atoms with Gasteiger partial charge in [0, 0.05) is 18.0 Å². The van der Waals surface area contributed by atoms with Gasteiger partial charge in [0.05, 0.1) is 5.75 Å². The standard InChI is InChI=1S/C14H17FN2O2S/c1-14(2)13(19)16-7-8-17(14)12(18)9-20-11-5-3-10(15)4-6-11/h3-6H,7-9H2,1-2H3,(H,16,19). The predicted octanol–water partition coefficient (Wildman–Crippen LogP) is 1.65. The molecular formula is C14H17FN2O2S. The number of halogens is 1. The molecule has 1 aliphatic heterocycles. The highest BCUT2D eigenvalue weighted by molar-refractivity contribution is 8.00. The van der Waals surface area contributed by atoms with Gasteiger partial charge in [-0.1, -0.05) is 0 Å². The lowest BCUT2D eigenvalue weighted by molar-refractivity contribution is -0.147. The van der Waals surface area contributed by atoms with E-state index in [4.69, 9.17) is 0 Å². The van der Waals surface area contributed by atoms with E-state index >= 15 is 0 Å². The highest BCUT2D eigenvalue weighted by Crippen LogP contribution is 2.22. The zero-order valence-corrected chi connectivity index (χ0v) is 12.3. The van der Waals surface area contributed by atoms with Gasteiger partial charge in [-0.15, -0.1) is 11.8 Å². The van der Waals surface area contributed by atoms with Crippen molar-refractivity contribution in [1.29, 1.82) is 0 Å². The van der Waals surface area contributed by atoms with Crippen LogP contribution in [0, 0.1) is 5.82 Å². The maximum atomic E-state index is 12.8. The number of amides is 2. The van der Waals surface area contributed by atoms with Crippen molar-refractivity contribution in [2.75, 3.05) is 18.8 Å². The quantitative estimate of drug-likeness (QED) is 0.863. The average molecular weight is 296 g/mol. The highest BCUT2D eigenvalue weighted by atomic mass is 32.2. The molecule has 4 nitrogen and oxygen atoms in total. The second-order valence-corrected chi connectivity index (χ2v) is 6.15. The van der Waals surface area contributed by atoms with Gasteiger partial charge in [-0.2, -0.15) is 0 Å². The minimum Gasteiger partial charge on any atom is -0.352 e. The van der Waals surface area contributed by atoms with Crippen LogP contribution in [-0.4, -0.2) is 41.1 Å². The average Bonchev–Trinajstić information content (AvgIpc) is 2.41. The van der Waals surface area contributed by atoms with Gasteiger partial charge in [0.2, 0.25) is 11.8 Å². The Hall–Kier alpha value is -1.56. The fourth-order valence-electron chi connectivity index (χ4n) is 2.09. The van der Waals surface area contributed by atoms with Crippen molar-refractivity contribution in [2.24, 2.45) is 0 Å². The molecule has 6 heteroatoms. The summed E-state index contributed by atoms with van der Waals surface area (Å²) in [6.07, 6.45) is 0. The lowest BCUT2D eigenvalue weighted by atomic mass is 9.99. The smallest absolute Gasteiger partial charge is 0.245 e. The molecule has 1 aromatic carbocycles. The minimum absolute atomic E-state index is 0.0841. The van der Waals surface area contributed by atoms with Crippen LogP contribution in [0.1, 0.15) is 13.8 Å². The summed E-state index contributed by atoms with van der Waals surface area (Å²) in [4.78, 5) is 26.5. The summed E-state index contributed by atoms with van der Waals surface area (Å²) in [6.45, 7) is 4.47. The number of hydrogen-bond donors (Lipinski definition) is 1. The molecule has 0 atom stereocenters. The van der Waals surface area contributed by atoms with Crippen molar-refractivity contribution in [1.82, 2.24) is 10.2 Å². The van der Waals surface area contributed by atoms with Crippen LogP contribution in [0.15, 0.2) is 29.2 Å². The van der Waals surface area contributed by atoms with Crippen LogP contribution in [0.4, 0.5) is 4.39 Å². The molecule has 20 heavy (non-hydrogen) atoms. The van der Waals surface area contributed by atoms with E-state index in [1.54, 1.807) is 30.9 Å². The molecule has 0 radical (unpaired) electrons. The van der Waals surface area contributed by atoms with Crippen LogP contribution < -0.4 is 5.32 Å². The van der Waals surface area contributed by atoms with Gasteiger partial charge in [-0.3, -0.25) is 9.59 Å². The topological polar surface area (TPSA) is 49.4 Å². The maximum absolute atomic E-state index is 12.8. The number of thioether (sulfide) groups is 1. The highest BCUT2D eigenvalue weighted by Gasteiger charge is 2.40. The SMILES string of the molecule is CC1(C)C(=O)NCCN1C(=O)CSc1ccc(F)cc1. The molecule has 0 saturated carbocycles. The summed E-state index contributed by atoms with van der Waals surface area (Å²) in [5, 5.41) is 2.76. The van der Waals surface area contributed by atoms with Gasteiger partial charge < -0.3 is 10.2 Å². The van der Waals surface area contributed by atoms with Gasteiger partial charge >= 0.3 is 0 Å². The molecule has 1 saturated heterocycles. The van der Waals surface area contributed by atoms with E-state index in [0.717, 1.165) is 4.90 Å². The fraction of sp³-hybridized carbons (Fsp3) is 0.429. The second-order valence-electron chi connectivity index (χ2n) is 5.10. The normalized spacial score (nSPS) is 17.8. The Morgan fingerprint density at radius 2 is 2.05 bits per heavy atom. The third-order valence-electron chi connectivity index (χ3n) is 3.33. The van der Waals surface area contributed by atoms with E-state index in [0.29, 0.717) is 13.1 Å². The zero-order chi connectivity index (χ0) is 14.8. The number of benzene rings is 1. The molecular weight excluding hydrogens is 279 g/mol. The number of carbonyl (C=O) groups excluding carboxylic acids is 2. The molecule has 1 N–H and O–H groups in total. The Balaban J connectivity index is 1.97. The molecule has 108 valence electrons. The van der Waals surface area contributed by atoms with Crippen LogP contribution in [-0.2, 0) is 9.59 Å². The Morgan fingerprint density at radius 3 is 2.70 bits per heavy atom. The maximum Gasteiger partial charge on any atom is 0.245 e. The van der Waals surface area contributed by atoms with Crippen molar-refractivity contribution in [2.45, 2.75) is 24.3 Å². The van der Waals surface area contributed by atoms with Crippen molar-refractivity contribution in [3.63, 3.8) is 0 Å². The van der Waals surface area contributed by atoms with Crippen LogP contribution in [0.25, 0.3) is 0 Å². The molecule has 0 aromatic heterocycles. The van der Waals surface area contributed by atoms with Gasteiger partial charge in [-0.25, -0.2) is 4.39 Å². The van der Waals surface area contributed by atoms with Crippen molar-refractivity contribution in [3.05, 3.63) is 30.1 Å². The largest absolute Gasteiger partial charge is 0.352 e. The Bertz CT molecular complexity index is 516. The molecule has 0 aliphatic carbocycles. The van der Waals surface area contributed by atoms with E-state index in [9.17, 15) is 14.0 Å². The van der Waals surface area contributed by atoms with Crippen LogP contribution in [0.2, 0.25) is 0 Å². The summed E-state index contributed by atoms with van der Waals surface area (Å²) in [7, 11) is 0. The number of carbonyl (C=O) groups is 2. The van der Waals surface area contributed by atoms with Crippen molar-refractivity contribution in [3.8, 4) is 0 Å². The van der Waals surface area contributed by atoms with Crippen LogP contribution in [0.3, 0.4) is 0 Å². The molecule has 1 heterocycles. The third-order valence-corrected chi connectivity index (χ3v) is 4.33. The monoisotopic (exact) mass is 296 g/mol. The Kier molecular flexibility index (Phi) is 4.32. The first-order chi connectivity index (χ1) is 9.41. The molecule has 1 fully saturated rings. The summed E-state index contributed by atoms with van der Waals surface area (Å²) in [6, 6.07) is 6.01. The number of hydrogen-bond acceptors (Lipinski definition) is 3. The summed E-state index contributed by atoms with van der Waals surface area (Å²) in [5.74, 6) is -0.278. The molecule has 0 bridgehead atoms. The van der Waals surface area contributed by atoms with Crippen molar-refractivity contribution < 1.29 is 14.0 Å². The van der Waals surface area contributed by atoms with Gasteiger partial charge in [0.15, 0.2) is 0 Å². The van der Waals surface area contributed by atoms with E-state index in [1.165, 1.54) is 23.9 Å². The third kappa shape index (κ3) is 3.12. The summed E-state index contributed by atoms with van der Waals surface area (Å²) in [5.41, 5.74) is -0.821. The van der Waals surface area contributed by atoms with E-state index in [-0.39, 0.29) is 23.4 Å². The first kappa shape index (κ1) is 14.8. The molecule has 1 aromatic rings. The lowest BCUT2D eigenvalue weighted by Crippen LogP contribution is -2.63. The molecule has 2 rings (SSSR count). The van der Waals surface area contributed by atoms with E-state index in [2.05, 4.69) is 5.32 Å². The number of rotatable bonds is 3. The molecule has 0 unspecified atom stereocenters. The summed E-state index contributed by atoms with van der Waals surface area (Å²) < 4.78 is 12.8. The van der Waals surface area contributed by atoms with Gasteiger partial charge in [-0.05, 0) is 38.1 Å². The van der Waals surface area contributed by atoms with Gasteiger partial charge in [0.1, 0.15) is 11.4 Å². The molecule has 0 spiro atoms. The lowest BCUT2D eigenvalue weighted by Gasteiger charge is -2.41. The number of nitrogens with one attached hydrogen (secondary N) is 1. The van der Waals surface area contributed by atoms with Crippen LogP contribution in [0.5, 0.6) is 0 Å². The zero-order valence-electron chi connectivity index (χ0n) is 11.5. The van der Waals surface area contributed by atoms with Gasteiger partial charge in [0.25, 0.3) is 0 Å². The van der Waals surface area contributed by atoms with Crippen LogP contribution >= 0.6 is 11.8 Å². The Morgan fingerprint density at radius 1 is 1.40 bits per heavy atom.